The molecule has 2 aliphatic heterocycles. The number of guanidine groups is 1. The van der Waals surface area contributed by atoms with E-state index in [-0.39, 0.29) is 11.9 Å². The summed E-state index contributed by atoms with van der Waals surface area (Å²) >= 11 is 0. The van der Waals surface area contributed by atoms with Crippen molar-refractivity contribution in [1.82, 2.24) is 25.4 Å². The zero-order valence-corrected chi connectivity index (χ0v) is 18.1. The van der Waals surface area contributed by atoms with Crippen LogP contribution in [0.2, 0.25) is 0 Å². The fourth-order valence-electron chi connectivity index (χ4n) is 3.97. The smallest absolute Gasteiger partial charge is 0.191 e. The number of likely N-dealkylation sites (N-methyl/N-ethyl adjacent to an activating group) is 1. The molecular formula is C21H36FN7. The zero-order valence-electron chi connectivity index (χ0n) is 18.1. The van der Waals surface area contributed by atoms with Crippen molar-refractivity contribution >= 4 is 11.8 Å². The summed E-state index contributed by atoms with van der Waals surface area (Å²) in [7, 11) is 2.19. The Balaban J connectivity index is 1.48. The van der Waals surface area contributed by atoms with Gasteiger partial charge < -0.3 is 25.3 Å². The van der Waals surface area contributed by atoms with Crippen molar-refractivity contribution in [2.24, 2.45) is 10.9 Å². The van der Waals surface area contributed by atoms with Gasteiger partial charge in [0.2, 0.25) is 0 Å². The van der Waals surface area contributed by atoms with Crippen LogP contribution in [0.4, 0.5) is 10.2 Å². The molecule has 2 atom stereocenters. The molecular weight excluding hydrogens is 369 g/mol. The van der Waals surface area contributed by atoms with Crippen molar-refractivity contribution in [2.45, 2.75) is 26.3 Å². The van der Waals surface area contributed by atoms with Gasteiger partial charge in [0.1, 0.15) is 0 Å². The number of aromatic nitrogens is 1. The fraction of sp³-hybridized carbons (Fsp3) is 0.714. The number of piperazine rings is 1. The summed E-state index contributed by atoms with van der Waals surface area (Å²) in [6, 6.07) is 3.34. The second-order valence-electron chi connectivity index (χ2n) is 8.31. The molecule has 0 radical (unpaired) electrons. The Labute approximate surface area is 174 Å². The molecule has 1 aromatic heterocycles. The lowest BCUT2D eigenvalue weighted by molar-refractivity contribution is 0.140. The third kappa shape index (κ3) is 6.54. The maximum atomic E-state index is 14.0. The number of pyridine rings is 1. The first kappa shape index (κ1) is 21.8. The van der Waals surface area contributed by atoms with Gasteiger partial charge in [0.15, 0.2) is 17.6 Å². The van der Waals surface area contributed by atoms with Crippen molar-refractivity contribution in [2.75, 3.05) is 70.9 Å². The SMILES string of the molecule is CCNC(=NCC(C)CN1CCN(C)CC1)NC1CCN(c2ncccc2F)C1. The van der Waals surface area contributed by atoms with Gasteiger partial charge in [-0.05, 0) is 38.4 Å². The number of halogens is 1. The average molecular weight is 406 g/mol. The van der Waals surface area contributed by atoms with Gasteiger partial charge in [-0.15, -0.1) is 0 Å². The molecule has 2 unspecified atom stereocenters. The van der Waals surface area contributed by atoms with Crippen molar-refractivity contribution in [3.63, 3.8) is 0 Å². The van der Waals surface area contributed by atoms with E-state index in [2.05, 4.69) is 46.3 Å². The topological polar surface area (TPSA) is 59.0 Å². The second kappa shape index (κ2) is 10.7. The predicted molar refractivity (Wildman–Crippen MR) is 117 cm³/mol. The minimum absolute atomic E-state index is 0.238. The Morgan fingerprint density at radius 1 is 1.31 bits per heavy atom. The molecule has 0 spiro atoms. The normalized spacial score (nSPS) is 22.7. The molecule has 0 aromatic carbocycles. The van der Waals surface area contributed by atoms with E-state index in [0.29, 0.717) is 11.7 Å². The molecule has 0 bridgehead atoms. The molecule has 3 heterocycles. The molecule has 7 nitrogen and oxygen atoms in total. The second-order valence-corrected chi connectivity index (χ2v) is 8.31. The van der Waals surface area contributed by atoms with Crippen molar-refractivity contribution < 1.29 is 4.39 Å². The molecule has 3 rings (SSSR count). The van der Waals surface area contributed by atoms with Gasteiger partial charge in [0.05, 0.1) is 0 Å². The van der Waals surface area contributed by atoms with E-state index in [0.717, 1.165) is 71.3 Å². The number of hydrogen-bond donors (Lipinski definition) is 2. The van der Waals surface area contributed by atoms with Crippen LogP contribution in [-0.2, 0) is 0 Å². The summed E-state index contributed by atoms with van der Waals surface area (Å²) in [5.41, 5.74) is 0. The quantitative estimate of drug-likeness (QED) is 0.526. The van der Waals surface area contributed by atoms with Crippen LogP contribution in [0.3, 0.4) is 0 Å². The van der Waals surface area contributed by atoms with E-state index < -0.39 is 0 Å². The fourth-order valence-corrected chi connectivity index (χ4v) is 3.97. The number of anilines is 1. The summed E-state index contributed by atoms with van der Waals surface area (Å²) in [5.74, 6) is 1.55. The monoisotopic (exact) mass is 405 g/mol. The van der Waals surface area contributed by atoms with Crippen LogP contribution < -0.4 is 15.5 Å². The van der Waals surface area contributed by atoms with Gasteiger partial charge >= 0.3 is 0 Å². The lowest BCUT2D eigenvalue weighted by Gasteiger charge is -2.33. The molecule has 0 aliphatic carbocycles. The summed E-state index contributed by atoms with van der Waals surface area (Å²) in [4.78, 5) is 15.9. The Bertz CT molecular complexity index is 660. The van der Waals surface area contributed by atoms with Crippen LogP contribution in [0.1, 0.15) is 20.3 Å². The highest BCUT2D eigenvalue weighted by molar-refractivity contribution is 5.80. The third-order valence-electron chi connectivity index (χ3n) is 5.64. The molecule has 2 N–H and O–H groups in total. The minimum Gasteiger partial charge on any atom is -0.357 e. The Kier molecular flexibility index (Phi) is 8.06. The van der Waals surface area contributed by atoms with E-state index in [9.17, 15) is 4.39 Å². The Morgan fingerprint density at radius 2 is 2.10 bits per heavy atom. The van der Waals surface area contributed by atoms with E-state index in [1.807, 2.05) is 4.90 Å². The van der Waals surface area contributed by atoms with E-state index in [4.69, 9.17) is 4.99 Å². The summed E-state index contributed by atoms with van der Waals surface area (Å²) in [6.07, 6.45) is 2.59. The highest BCUT2D eigenvalue weighted by Crippen LogP contribution is 2.20. The molecule has 2 aliphatic rings. The van der Waals surface area contributed by atoms with Crippen LogP contribution in [0.15, 0.2) is 23.3 Å². The van der Waals surface area contributed by atoms with E-state index >= 15 is 0 Å². The predicted octanol–water partition coefficient (Wildman–Crippen LogP) is 1.24. The largest absolute Gasteiger partial charge is 0.357 e. The number of nitrogens with zero attached hydrogens (tertiary/aromatic N) is 5. The molecule has 2 saturated heterocycles. The first-order valence-corrected chi connectivity index (χ1v) is 10.9. The number of nitrogens with one attached hydrogen (secondary N) is 2. The number of hydrogen-bond acceptors (Lipinski definition) is 5. The lowest BCUT2D eigenvalue weighted by Crippen LogP contribution is -2.46. The van der Waals surface area contributed by atoms with Gasteiger partial charge in [0, 0.05) is 71.1 Å². The van der Waals surface area contributed by atoms with Crippen LogP contribution in [0, 0.1) is 11.7 Å². The van der Waals surface area contributed by atoms with Gasteiger partial charge in [-0.25, -0.2) is 9.37 Å². The van der Waals surface area contributed by atoms with Crippen molar-refractivity contribution in [1.29, 1.82) is 0 Å². The highest BCUT2D eigenvalue weighted by atomic mass is 19.1. The van der Waals surface area contributed by atoms with Gasteiger partial charge in [-0.1, -0.05) is 6.92 Å². The van der Waals surface area contributed by atoms with E-state index in [1.165, 1.54) is 6.07 Å². The minimum atomic E-state index is -0.258. The van der Waals surface area contributed by atoms with E-state index in [1.54, 1.807) is 12.3 Å². The van der Waals surface area contributed by atoms with Crippen LogP contribution in [0.5, 0.6) is 0 Å². The number of aliphatic imine (C=N–C) groups is 1. The van der Waals surface area contributed by atoms with Gasteiger partial charge in [-0.2, -0.15) is 0 Å². The molecule has 2 fully saturated rings. The Hall–Kier alpha value is -1.93. The highest BCUT2D eigenvalue weighted by Gasteiger charge is 2.26. The Morgan fingerprint density at radius 3 is 2.83 bits per heavy atom. The summed E-state index contributed by atoms with van der Waals surface area (Å²) in [5, 5.41) is 6.88. The average Bonchev–Trinajstić information content (AvgIpc) is 3.17. The summed E-state index contributed by atoms with van der Waals surface area (Å²) < 4.78 is 14.0. The summed E-state index contributed by atoms with van der Waals surface area (Å²) in [6.45, 7) is 13.2. The molecule has 0 saturated carbocycles. The van der Waals surface area contributed by atoms with Crippen LogP contribution in [0.25, 0.3) is 0 Å². The first-order chi connectivity index (χ1) is 14.0. The maximum absolute atomic E-state index is 14.0. The molecule has 1 aromatic rings. The lowest BCUT2D eigenvalue weighted by atomic mass is 10.1. The van der Waals surface area contributed by atoms with Crippen molar-refractivity contribution in [3.8, 4) is 0 Å². The number of rotatable bonds is 7. The first-order valence-electron chi connectivity index (χ1n) is 10.9. The van der Waals surface area contributed by atoms with Crippen molar-refractivity contribution in [3.05, 3.63) is 24.1 Å². The molecule has 0 amide bonds. The van der Waals surface area contributed by atoms with Crippen LogP contribution in [-0.4, -0.2) is 92.7 Å². The van der Waals surface area contributed by atoms with Gasteiger partial charge in [0.25, 0.3) is 0 Å². The zero-order chi connectivity index (χ0) is 20.6. The third-order valence-corrected chi connectivity index (χ3v) is 5.64. The standard InChI is InChI=1S/C21H36FN7/c1-4-23-21(25-14-17(2)15-28-12-10-27(3)11-13-28)26-18-7-9-29(16-18)20-19(22)6-5-8-24-20/h5-6,8,17-18H,4,7,9-16H2,1-3H3,(H2,23,25,26). The molecule has 29 heavy (non-hydrogen) atoms. The van der Waals surface area contributed by atoms with Crippen LogP contribution >= 0.6 is 0 Å². The molecule has 8 heteroatoms. The van der Waals surface area contributed by atoms with Gasteiger partial charge in [-0.3, -0.25) is 4.99 Å². The maximum Gasteiger partial charge on any atom is 0.191 e. The molecule has 162 valence electrons.